The van der Waals surface area contributed by atoms with E-state index in [1.165, 1.54) is 36.2 Å². The highest BCUT2D eigenvalue weighted by Gasteiger charge is 2.20. The van der Waals surface area contributed by atoms with Crippen LogP contribution in [0, 0.1) is 19.7 Å². The number of aromatic nitrogens is 1. The van der Waals surface area contributed by atoms with Crippen molar-refractivity contribution in [3.8, 4) is 0 Å². The molecule has 0 aliphatic carbocycles. The molecule has 28 heavy (non-hydrogen) atoms. The summed E-state index contributed by atoms with van der Waals surface area (Å²) in [6.07, 6.45) is 0. The summed E-state index contributed by atoms with van der Waals surface area (Å²) in [5.74, 6) is -1.51. The lowest BCUT2D eigenvalue weighted by molar-refractivity contribution is -0.133. The van der Waals surface area contributed by atoms with E-state index in [0.29, 0.717) is 16.9 Å². The van der Waals surface area contributed by atoms with Gasteiger partial charge in [-0.25, -0.2) is 9.18 Å². The van der Waals surface area contributed by atoms with Crippen LogP contribution in [0.1, 0.15) is 28.7 Å². The molecule has 0 spiro atoms. The first-order chi connectivity index (χ1) is 13.2. The van der Waals surface area contributed by atoms with Crippen molar-refractivity contribution in [3.05, 3.63) is 53.1 Å². The summed E-state index contributed by atoms with van der Waals surface area (Å²) in [5, 5.41) is 2.61. The highest BCUT2D eigenvalue weighted by molar-refractivity contribution is 5.94. The standard InChI is InChI=1S/C20H24FN3O4/c1-5-28-20(27)17-10-13(2)24(14(17)3)12-19(26)23(4)11-18(25)22-16-8-6-15(21)7-9-16/h6-10H,5,11-12H2,1-4H3,(H,22,25). The molecule has 0 saturated carbocycles. The molecular formula is C20H24FN3O4. The molecule has 1 aromatic carbocycles. The number of rotatable bonds is 7. The van der Waals surface area contributed by atoms with Crippen LogP contribution in [0.2, 0.25) is 0 Å². The molecule has 0 bridgehead atoms. The molecule has 2 rings (SSSR count). The van der Waals surface area contributed by atoms with Gasteiger partial charge in [0.25, 0.3) is 0 Å². The van der Waals surface area contributed by atoms with E-state index in [1.54, 1.807) is 31.4 Å². The van der Waals surface area contributed by atoms with Crippen LogP contribution in [0.5, 0.6) is 0 Å². The monoisotopic (exact) mass is 389 g/mol. The minimum Gasteiger partial charge on any atom is -0.462 e. The quantitative estimate of drug-likeness (QED) is 0.738. The Morgan fingerprint density at radius 1 is 1.18 bits per heavy atom. The van der Waals surface area contributed by atoms with Gasteiger partial charge in [-0.2, -0.15) is 0 Å². The molecule has 0 aliphatic rings. The van der Waals surface area contributed by atoms with Crippen molar-refractivity contribution in [2.75, 3.05) is 25.5 Å². The van der Waals surface area contributed by atoms with Crippen LogP contribution in [-0.2, 0) is 20.9 Å². The van der Waals surface area contributed by atoms with Gasteiger partial charge in [0, 0.05) is 24.1 Å². The number of carbonyl (C=O) groups excluding carboxylic acids is 3. The van der Waals surface area contributed by atoms with E-state index in [0.717, 1.165) is 5.69 Å². The minimum atomic E-state index is -0.429. The molecular weight excluding hydrogens is 365 g/mol. The second-order valence-electron chi connectivity index (χ2n) is 6.40. The molecule has 8 heteroatoms. The molecule has 2 aromatic rings. The number of esters is 1. The number of benzene rings is 1. The summed E-state index contributed by atoms with van der Waals surface area (Å²) < 4.78 is 19.6. The molecule has 2 amide bonds. The third-order valence-electron chi connectivity index (χ3n) is 4.30. The zero-order valence-corrected chi connectivity index (χ0v) is 16.4. The van der Waals surface area contributed by atoms with Crippen molar-refractivity contribution >= 4 is 23.5 Å². The number of hydrogen-bond donors (Lipinski definition) is 1. The van der Waals surface area contributed by atoms with Crippen LogP contribution in [0.4, 0.5) is 10.1 Å². The lowest BCUT2D eigenvalue weighted by Gasteiger charge is -2.18. The van der Waals surface area contributed by atoms with Gasteiger partial charge in [0.05, 0.1) is 18.7 Å². The van der Waals surface area contributed by atoms with E-state index in [9.17, 15) is 18.8 Å². The number of anilines is 1. The van der Waals surface area contributed by atoms with Gasteiger partial charge >= 0.3 is 5.97 Å². The van der Waals surface area contributed by atoms with Crippen LogP contribution in [0.25, 0.3) is 0 Å². The number of nitrogens with zero attached hydrogens (tertiary/aromatic N) is 2. The maximum atomic E-state index is 12.9. The molecule has 1 N–H and O–H groups in total. The van der Waals surface area contributed by atoms with Crippen molar-refractivity contribution in [1.82, 2.24) is 9.47 Å². The van der Waals surface area contributed by atoms with Gasteiger partial charge in [-0.05, 0) is 51.1 Å². The summed E-state index contributed by atoms with van der Waals surface area (Å²) in [6, 6.07) is 7.05. The van der Waals surface area contributed by atoms with Crippen LogP contribution in [0.3, 0.4) is 0 Å². The Balaban J connectivity index is 1.99. The van der Waals surface area contributed by atoms with Gasteiger partial charge in [0.1, 0.15) is 12.4 Å². The van der Waals surface area contributed by atoms with E-state index in [2.05, 4.69) is 5.32 Å². The zero-order valence-electron chi connectivity index (χ0n) is 16.4. The molecule has 0 saturated heterocycles. The van der Waals surface area contributed by atoms with Crippen LogP contribution >= 0.6 is 0 Å². The molecule has 7 nitrogen and oxygen atoms in total. The molecule has 0 aliphatic heterocycles. The maximum Gasteiger partial charge on any atom is 0.339 e. The van der Waals surface area contributed by atoms with Crippen molar-refractivity contribution in [3.63, 3.8) is 0 Å². The Hall–Kier alpha value is -3.16. The lowest BCUT2D eigenvalue weighted by atomic mass is 10.2. The molecule has 1 aromatic heterocycles. The number of nitrogens with one attached hydrogen (secondary N) is 1. The maximum absolute atomic E-state index is 12.9. The van der Waals surface area contributed by atoms with Crippen LogP contribution in [-0.4, -0.2) is 47.4 Å². The normalized spacial score (nSPS) is 10.5. The second-order valence-corrected chi connectivity index (χ2v) is 6.40. The van der Waals surface area contributed by atoms with Gasteiger partial charge in [-0.3, -0.25) is 9.59 Å². The molecule has 0 fully saturated rings. The van der Waals surface area contributed by atoms with Crippen LogP contribution in [0.15, 0.2) is 30.3 Å². The van der Waals surface area contributed by atoms with Crippen molar-refractivity contribution in [2.45, 2.75) is 27.3 Å². The largest absolute Gasteiger partial charge is 0.462 e. The second kappa shape index (κ2) is 9.16. The van der Waals surface area contributed by atoms with Gasteiger partial charge in [-0.1, -0.05) is 0 Å². The first-order valence-corrected chi connectivity index (χ1v) is 8.86. The molecule has 0 unspecified atom stereocenters. The number of amides is 2. The van der Waals surface area contributed by atoms with Gasteiger partial charge in [0.15, 0.2) is 0 Å². The number of aryl methyl sites for hydroxylation is 1. The third kappa shape index (κ3) is 5.18. The third-order valence-corrected chi connectivity index (χ3v) is 4.30. The number of carbonyl (C=O) groups is 3. The Morgan fingerprint density at radius 2 is 1.82 bits per heavy atom. The fourth-order valence-electron chi connectivity index (χ4n) is 2.75. The Kier molecular flexibility index (Phi) is 6.92. The SMILES string of the molecule is CCOC(=O)c1cc(C)n(CC(=O)N(C)CC(=O)Nc2ccc(F)cc2)c1C. The van der Waals surface area contributed by atoms with E-state index in [1.807, 2.05) is 0 Å². The molecule has 150 valence electrons. The van der Waals surface area contributed by atoms with Crippen molar-refractivity contribution < 1.29 is 23.5 Å². The van der Waals surface area contributed by atoms with Gasteiger partial charge in [-0.15, -0.1) is 0 Å². The Morgan fingerprint density at radius 3 is 2.43 bits per heavy atom. The van der Waals surface area contributed by atoms with Crippen molar-refractivity contribution in [2.24, 2.45) is 0 Å². The van der Waals surface area contributed by atoms with E-state index in [-0.39, 0.29) is 25.6 Å². The molecule has 0 radical (unpaired) electrons. The molecule has 0 atom stereocenters. The highest BCUT2D eigenvalue weighted by Crippen LogP contribution is 2.16. The number of halogens is 1. The minimum absolute atomic E-state index is 0.00258. The fourth-order valence-corrected chi connectivity index (χ4v) is 2.75. The van der Waals surface area contributed by atoms with Crippen molar-refractivity contribution in [1.29, 1.82) is 0 Å². The highest BCUT2D eigenvalue weighted by atomic mass is 19.1. The lowest BCUT2D eigenvalue weighted by Crippen LogP contribution is -2.37. The first kappa shape index (κ1) is 21.1. The Bertz CT molecular complexity index is 874. The average molecular weight is 389 g/mol. The topological polar surface area (TPSA) is 80.6 Å². The summed E-state index contributed by atoms with van der Waals surface area (Å²) in [4.78, 5) is 37.9. The summed E-state index contributed by atoms with van der Waals surface area (Å²) in [6.45, 7) is 5.38. The fraction of sp³-hybridized carbons (Fsp3) is 0.350. The smallest absolute Gasteiger partial charge is 0.339 e. The summed E-state index contributed by atoms with van der Waals surface area (Å²) in [5.41, 5.74) is 2.25. The number of hydrogen-bond acceptors (Lipinski definition) is 4. The number of ether oxygens (including phenoxy) is 1. The van der Waals surface area contributed by atoms with E-state index in [4.69, 9.17) is 4.74 Å². The summed E-state index contributed by atoms with van der Waals surface area (Å²) >= 11 is 0. The number of likely N-dealkylation sites (N-methyl/N-ethyl adjacent to an activating group) is 1. The van der Waals surface area contributed by atoms with E-state index < -0.39 is 17.7 Å². The Labute approximate surface area is 163 Å². The average Bonchev–Trinajstić information content (AvgIpc) is 2.92. The summed E-state index contributed by atoms with van der Waals surface area (Å²) in [7, 11) is 1.52. The first-order valence-electron chi connectivity index (χ1n) is 8.86. The van der Waals surface area contributed by atoms with Gasteiger partial charge < -0.3 is 19.5 Å². The predicted octanol–water partition coefficient (Wildman–Crippen LogP) is 2.52. The zero-order chi connectivity index (χ0) is 20.8. The predicted molar refractivity (Wildman–Crippen MR) is 103 cm³/mol. The van der Waals surface area contributed by atoms with Gasteiger partial charge in [0.2, 0.25) is 11.8 Å². The van der Waals surface area contributed by atoms with E-state index >= 15 is 0 Å². The molecule has 1 heterocycles. The van der Waals surface area contributed by atoms with Crippen LogP contribution < -0.4 is 5.32 Å².